The number of nitrogens with one attached hydrogen (secondary N) is 1. The summed E-state index contributed by atoms with van der Waals surface area (Å²) >= 11 is 0. The number of carbonyl (C=O) groups is 2. The lowest BCUT2D eigenvalue weighted by Gasteiger charge is -2.28. The largest absolute Gasteiger partial charge is 0.486 e. The summed E-state index contributed by atoms with van der Waals surface area (Å²) in [6.45, 7) is 7.31. The van der Waals surface area contributed by atoms with Gasteiger partial charge in [0.05, 0.1) is 0 Å². The van der Waals surface area contributed by atoms with Crippen molar-refractivity contribution in [3.63, 3.8) is 0 Å². The van der Waals surface area contributed by atoms with Crippen molar-refractivity contribution in [2.45, 2.75) is 58.3 Å². The second kappa shape index (κ2) is 6.78. The Hall–Kier alpha value is -2.31. The first-order valence-corrected chi connectivity index (χ1v) is 8.92. The number of alkyl carbamates (subject to hydrolysis) is 1. The van der Waals surface area contributed by atoms with Gasteiger partial charge in [0, 0.05) is 6.54 Å². The van der Waals surface area contributed by atoms with Crippen LogP contribution in [0.2, 0.25) is 0 Å². The van der Waals surface area contributed by atoms with Crippen LogP contribution in [0, 0.1) is 11.7 Å². The van der Waals surface area contributed by atoms with E-state index < -0.39 is 29.7 Å². The second-order valence-electron chi connectivity index (χ2n) is 7.93. The van der Waals surface area contributed by atoms with E-state index in [-0.39, 0.29) is 11.6 Å². The molecule has 0 saturated heterocycles. The van der Waals surface area contributed by atoms with E-state index in [4.69, 9.17) is 9.47 Å². The van der Waals surface area contributed by atoms with Crippen molar-refractivity contribution in [3.05, 3.63) is 24.0 Å². The van der Waals surface area contributed by atoms with E-state index in [2.05, 4.69) is 5.32 Å². The maximum Gasteiger partial charge on any atom is 0.408 e. The fraction of sp³-hybridized carbons (Fsp3) is 0.579. The summed E-state index contributed by atoms with van der Waals surface area (Å²) in [6, 6.07) is 3.53. The summed E-state index contributed by atoms with van der Waals surface area (Å²) in [4.78, 5) is 26.7. The molecule has 26 heavy (non-hydrogen) atoms. The molecule has 1 aromatic carbocycles. The molecule has 3 rings (SSSR count). The van der Waals surface area contributed by atoms with Crippen LogP contribution in [0.3, 0.4) is 0 Å². The van der Waals surface area contributed by atoms with Crippen molar-refractivity contribution in [2.75, 3.05) is 11.4 Å². The number of rotatable bonds is 3. The Labute approximate surface area is 152 Å². The molecule has 2 atom stereocenters. The molecule has 2 amide bonds. The van der Waals surface area contributed by atoms with Crippen LogP contribution < -0.4 is 15.0 Å². The minimum atomic E-state index is -0.963. The Balaban J connectivity index is 1.89. The van der Waals surface area contributed by atoms with Crippen LogP contribution in [0.25, 0.3) is 0 Å². The highest BCUT2D eigenvalue weighted by molar-refractivity contribution is 6.01. The van der Waals surface area contributed by atoms with Crippen LogP contribution in [0.5, 0.6) is 5.75 Å². The van der Waals surface area contributed by atoms with Gasteiger partial charge in [0.25, 0.3) is 5.91 Å². The molecule has 1 heterocycles. The second-order valence-corrected chi connectivity index (χ2v) is 7.93. The first kappa shape index (κ1) is 18.5. The summed E-state index contributed by atoms with van der Waals surface area (Å²) in [7, 11) is 0. The minimum absolute atomic E-state index is 0.143. The number of ether oxygens (including phenoxy) is 2. The zero-order chi connectivity index (χ0) is 19.1. The van der Waals surface area contributed by atoms with E-state index >= 15 is 0 Å². The van der Waals surface area contributed by atoms with E-state index in [1.807, 2.05) is 0 Å². The monoisotopic (exact) mass is 364 g/mol. The maximum absolute atomic E-state index is 14.5. The van der Waals surface area contributed by atoms with Gasteiger partial charge in [0.2, 0.25) is 0 Å². The molecule has 1 saturated carbocycles. The standard InChI is InChI=1S/C19H25FN2O4/c1-11-15(21-18(24)26-19(2,3)4)17(23)22(10-12-8-9-12)16-13(20)6-5-7-14(16)25-11/h5-7,11-12,15H,8-10H2,1-4H3,(H,21,24)/t11-,15+/m1/s1. The number of carbonyl (C=O) groups excluding carboxylic acids is 2. The number of benzene rings is 1. The molecule has 1 N–H and O–H groups in total. The Morgan fingerprint density at radius 3 is 2.69 bits per heavy atom. The fourth-order valence-electron chi connectivity index (χ4n) is 2.95. The van der Waals surface area contributed by atoms with Crippen molar-refractivity contribution in [1.82, 2.24) is 5.32 Å². The Morgan fingerprint density at radius 2 is 2.08 bits per heavy atom. The van der Waals surface area contributed by atoms with Crippen molar-refractivity contribution in [2.24, 2.45) is 5.92 Å². The Bertz CT molecular complexity index is 712. The van der Waals surface area contributed by atoms with E-state index in [9.17, 15) is 14.0 Å². The number of hydrogen-bond donors (Lipinski definition) is 1. The topological polar surface area (TPSA) is 67.9 Å². The molecule has 142 valence electrons. The molecule has 1 aliphatic carbocycles. The SMILES string of the molecule is C[C@H]1Oc2cccc(F)c2N(CC2CC2)C(=O)[C@H]1NC(=O)OC(C)(C)C. The summed E-state index contributed by atoms with van der Waals surface area (Å²) in [5.41, 5.74) is -0.546. The predicted molar refractivity (Wildman–Crippen MR) is 94.7 cm³/mol. The molecule has 0 radical (unpaired) electrons. The highest BCUT2D eigenvalue weighted by atomic mass is 19.1. The number of amides is 2. The maximum atomic E-state index is 14.5. The molecule has 0 unspecified atom stereocenters. The quantitative estimate of drug-likeness (QED) is 0.894. The van der Waals surface area contributed by atoms with Crippen molar-refractivity contribution >= 4 is 17.7 Å². The lowest BCUT2D eigenvalue weighted by molar-refractivity contribution is -0.122. The third-order valence-electron chi connectivity index (χ3n) is 4.34. The average molecular weight is 364 g/mol. The van der Waals surface area contributed by atoms with E-state index in [1.54, 1.807) is 39.8 Å². The van der Waals surface area contributed by atoms with Gasteiger partial charge in [-0.3, -0.25) is 4.79 Å². The smallest absolute Gasteiger partial charge is 0.408 e. The Kier molecular flexibility index (Phi) is 4.82. The molecule has 7 heteroatoms. The minimum Gasteiger partial charge on any atom is -0.486 e. The summed E-state index contributed by atoms with van der Waals surface area (Å²) in [5, 5.41) is 2.59. The predicted octanol–water partition coefficient (Wildman–Crippen LogP) is 3.24. The molecule has 0 aromatic heterocycles. The van der Waals surface area contributed by atoms with E-state index in [0.717, 1.165) is 12.8 Å². The zero-order valence-electron chi connectivity index (χ0n) is 15.5. The number of halogens is 1. The third-order valence-corrected chi connectivity index (χ3v) is 4.34. The molecule has 1 aromatic rings. The summed E-state index contributed by atoms with van der Waals surface area (Å²) in [5.74, 6) is -0.247. The van der Waals surface area contributed by atoms with Gasteiger partial charge in [-0.15, -0.1) is 0 Å². The number of anilines is 1. The summed E-state index contributed by atoms with van der Waals surface area (Å²) < 4.78 is 25.6. The zero-order valence-corrected chi connectivity index (χ0v) is 15.5. The van der Waals surface area contributed by atoms with Crippen molar-refractivity contribution < 1.29 is 23.5 Å². The first-order valence-electron chi connectivity index (χ1n) is 8.92. The molecular weight excluding hydrogens is 339 g/mol. The van der Waals surface area contributed by atoms with Gasteiger partial charge in [-0.25, -0.2) is 9.18 Å². The lowest BCUT2D eigenvalue weighted by atomic mass is 10.1. The number of para-hydroxylation sites is 1. The third kappa shape index (κ3) is 4.08. The normalized spacial score (nSPS) is 23.0. The fourth-order valence-corrected chi connectivity index (χ4v) is 2.95. The highest BCUT2D eigenvalue weighted by Crippen LogP contribution is 2.39. The molecule has 1 fully saturated rings. The molecular formula is C19H25FN2O4. The van der Waals surface area contributed by atoms with Crippen LogP contribution in [-0.4, -0.2) is 36.3 Å². The van der Waals surface area contributed by atoms with Crippen LogP contribution in [0.15, 0.2) is 18.2 Å². The lowest BCUT2D eigenvalue weighted by Crippen LogP contribution is -2.55. The van der Waals surface area contributed by atoms with Gasteiger partial charge in [0.15, 0.2) is 5.82 Å². The molecule has 1 aliphatic heterocycles. The van der Waals surface area contributed by atoms with Crippen molar-refractivity contribution in [1.29, 1.82) is 0 Å². The van der Waals surface area contributed by atoms with Crippen molar-refractivity contribution in [3.8, 4) is 5.75 Å². The van der Waals surface area contributed by atoms with Crippen LogP contribution in [0.1, 0.15) is 40.5 Å². The first-order chi connectivity index (χ1) is 12.2. The Morgan fingerprint density at radius 1 is 1.38 bits per heavy atom. The summed E-state index contributed by atoms with van der Waals surface area (Å²) in [6.07, 6.45) is 0.645. The molecule has 2 aliphatic rings. The van der Waals surface area contributed by atoms with Crippen LogP contribution >= 0.6 is 0 Å². The number of fused-ring (bicyclic) bond motifs is 1. The van der Waals surface area contributed by atoms with Crippen LogP contribution in [0.4, 0.5) is 14.9 Å². The molecule has 0 bridgehead atoms. The van der Waals surface area contributed by atoms with Gasteiger partial charge in [-0.1, -0.05) is 6.07 Å². The van der Waals surface area contributed by atoms with Gasteiger partial charge in [-0.2, -0.15) is 0 Å². The van der Waals surface area contributed by atoms with E-state index in [0.29, 0.717) is 18.2 Å². The van der Waals surface area contributed by atoms with Gasteiger partial charge in [-0.05, 0) is 58.6 Å². The van der Waals surface area contributed by atoms with Crippen LogP contribution in [-0.2, 0) is 9.53 Å². The van der Waals surface area contributed by atoms with Gasteiger partial charge < -0.3 is 19.7 Å². The molecule has 6 nitrogen and oxygen atoms in total. The number of hydrogen-bond acceptors (Lipinski definition) is 4. The highest BCUT2D eigenvalue weighted by Gasteiger charge is 2.41. The van der Waals surface area contributed by atoms with Gasteiger partial charge >= 0.3 is 6.09 Å². The van der Waals surface area contributed by atoms with Gasteiger partial charge in [0.1, 0.15) is 29.2 Å². The average Bonchev–Trinajstić information content (AvgIpc) is 3.33. The molecule has 0 spiro atoms. The van der Waals surface area contributed by atoms with E-state index in [1.165, 1.54) is 11.0 Å². The number of nitrogens with zero attached hydrogens (tertiary/aromatic N) is 1.